The average Bonchev–Trinajstić information content (AvgIpc) is 3.15. The first-order valence-electron chi connectivity index (χ1n) is 8.54. The smallest absolute Gasteiger partial charge is 0.250 e. The lowest BCUT2D eigenvalue weighted by atomic mass is 10.2. The van der Waals surface area contributed by atoms with Crippen LogP contribution in [-0.4, -0.2) is 18.1 Å². The summed E-state index contributed by atoms with van der Waals surface area (Å²) in [5.74, 6) is 1.13. The lowest BCUT2D eigenvalue weighted by Gasteiger charge is -2.12. The number of thiocarbonyl (C=S) groups is 1. The average molecular weight is 482 g/mol. The van der Waals surface area contributed by atoms with Gasteiger partial charge in [0.15, 0.2) is 5.11 Å². The van der Waals surface area contributed by atoms with E-state index in [9.17, 15) is 4.79 Å². The maximum Gasteiger partial charge on any atom is 0.250 e. The minimum atomic E-state index is -0.434. The minimum Gasteiger partial charge on any atom is -0.495 e. The Hall–Kier alpha value is -2.51. The molecule has 0 saturated heterocycles. The van der Waals surface area contributed by atoms with Crippen LogP contribution >= 0.6 is 47.0 Å². The maximum atomic E-state index is 12.1. The molecule has 1 heterocycles. The fourth-order valence-electron chi connectivity index (χ4n) is 2.52. The van der Waals surface area contributed by atoms with Crippen molar-refractivity contribution in [2.24, 2.45) is 0 Å². The van der Waals surface area contributed by atoms with Crippen molar-refractivity contribution in [3.05, 3.63) is 75.4 Å². The molecule has 1 amide bonds. The molecule has 0 aliphatic rings. The van der Waals surface area contributed by atoms with E-state index in [1.54, 1.807) is 48.5 Å². The zero-order valence-electron chi connectivity index (χ0n) is 15.5. The summed E-state index contributed by atoms with van der Waals surface area (Å²) >= 11 is 23.2. The highest BCUT2D eigenvalue weighted by molar-refractivity contribution is 7.80. The van der Waals surface area contributed by atoms with E-state index in [4.69, 9.17) is 56.2 Å². The summed E-state index contributed by atoms with van der Waals surface area (Å²) in [4.78, 5) is 12.1. The quantitative estimate of drug-likeness (QED) is 0.324. The van der Waals surface area contributed by atoms with Gasteiger partial charge in [-0.3, -0.25) is 10.1 Å². The van der Waals surface area contributed by atoms with Gasteiger partial charge in [-0.15, -0.1) is 0 Å². The summed E-state index contributed by atoms with van der Waals surface area (Å²) in [6.45, 7) is 0. The highest BCUT2D eigenvalue weighted by Crippen LogP contribution is 2.32. The maximum absolute atomic E-state index is 12.1. The Morgan fingerprint density at radius 3 is 2.53 bits per heavy atom. The van der Waals surface area contributed by atoms with Crippen LogP contribution in [0.15, 0.2) is 59.0 Å². The summed E-state index contributed by atoms with van der Waals surface area (Å²) in [7, 11) is 1.52. The number of hydrogen-bond acceptors (Lipinski definition) is 4. The molecule has 30 heavy (non-hydrogen) atoms. The van der Waals surface area contributed by atoms with Gasteiger partial charge in [0.25, 0.3) is 0 Å². The second kappa shape index (κ2) is 10.00. The molecule has 0 saturated carbocycles. The molecular formula is C21H15Cl3N2O3S. The van der Waals surface area contributed by atoms with Crippen molar-refractivity contribution in [1.29, 1.82) is 0 Å². The number of carbonyl (C=O) groups excluding carboxylic acids is 1. The standard InChI is InChI=1S/C21H15Cl3N2O3S/c1-28-19-7-3-13(23)11-17(19)25-21(30)26-20(27)9-5-14-4-8-18(29-14)15-6-2-12(22)10-16(15)24/h2-11H,1H3,(H2,25,26,27,30)/b9-5+. The predicted octanol–water partition coefficient (Wildman–Crippen LogP) is 6.44. The molecule has 0 bridgehead atoms. The molecule has 0 aliphatic heterocycles. The third kappa shape index (κ3) is 5.77. The van der Waals surface area contributed by atoms with Crippen LogP contribution in [0.2, 0.25) is 15.1 Å². The van der Waals surface area contributed by atoms with Crippen LogP contribution in [0, 0.1) is 0 Å². The molecule has 0 unspecified atom stereocenters. The van der Waals surface area contributed by atoms with Crippen molar-refractivity contribution in [3.63, 3.8) is 0 Å². The number of hydrogen-bond donors (Lipinski definition) is 2. The van der Waals surface area contributed by atoms with Gasteiger partial charge in [-0.25, -0.2) is 0 Å². The first kappa shape index (κ1) is 22.2. The fourth-order valence-corrected chi connectivity index (χ4v) is 3.40. The Morgan fingerprint density at radius 2 is 1.80 bits per heavy atom. The summed E-state index contributed by atoms with van der Waals surface area (Å²) in [5, 5.41) is 7.02. The molecule has 0 spiro atoms. The Kier molecular flexibility index (Phi) is 7.39. The normalized spacial score (nSPS) is 10.8. The number of anilines is 1. The van der Waals surface area contributed by atoms with E-state index in [1.165, 1.54) is 19.3 Å². The Balaban J connectivity index is 1.62. The van der Waals surface area contributed by atoms with E-state index in [1.807, 2.05) is 0 Å². The largest absolute Gasteiger partial charge is 0.495 e. The van der Waals surface area contributed by atoms with E-state index < -0.39 is 5.91 Å². The zero-order chi connectivity index (χ0) is 21.7. The summed E-state index contributed by atoms with van der Waals surface area (Å²) in [6, 6.07) is 13.6. The van der Waals surface area contributed by atoms with Crippen LogP contribution in [0.25, 0.3) is 17.4 Å². The molecule has 0 atom stereocenters. The van der Waals surface area contributed by atoms with Gasteiger partial charge in [0, 0.05) is 21.7 Å². The van der Waals surface area contributed by atoms with E-state index >= 15 is 0 Å². The van der Waals surface area contributed by atoms with Gasteiger partial charge in [0.05, 0.1) is 17.8 Å². The molecule has 3 rings (SSSR count). The lowest BCUT2D eigenvalue weighted by Crippen LogP contribution is -2.32. The second-order valence-corrected chi connectivity index (χ2v) is 7.64. The van der Waals surface area contributed by atoms with E-state index in [0.29, 0.717) is 43.6 Å². The number of ether oxygens (including phenoxy) is 1. The van der Waals surface area contributed by atoms with Crippen molar-refractivity contribution in [3.8, 4) is 17.1 Å². The van der Waals surface area contributed by atoms with E-state index in [0.717, 1.165) is 0 Å². The van der Waals surface area contributed by atoms with Gasteiger partial charge in [-0.05, 0) is 66.8 Å². The number of rotatable bonds is 5. The summed E-state index contributed by atoms with van der Waals surface area (Å²) in [6.07, 6.45) is 2.82. The van der Waals surface area contributed by atoms with Crippen LogP contribution < -0.4 is 15.4 Å². The van der Waals surface area contributed by atoms with Crippen molar-refractivity contribution in [1.82, 2.24) is 5.32 Å². The van der Waals surface area contributed by atoms with Crippen molar-refractivity contribution in [2.45, 2.75) is 0 Å². The Morgan fingerprint density at radius 1 is 1.07 bits per heavy atom. The summed E-state index contributed by atoms with van der Waals surface area (Å²) in [5.41, 5.74) is 1.24. The van der Waals surface area contributed by atoms with E-state index in [2.05, 4.69) is 10.6 Å². The summed E-state index contributed by atoms with van der Waals surface area (Å²) < 4.78 is 10.9. The first-order chi connectivity index (χ1) is 14.4. The zero-order valence-corrected chi connectivity index (χ0v) is 18.6. The van der Waals surface area contributed by atoms with Gasteiger partial charge in [-0.2, -0.15) is 0 Å². The number of furan rings is 1. The number of nitrogens with one attached hydrogen (secondary N) is 2. The minimum absolute atomic E-state index is 0.0956. The van der Waals surface area contributed by atoms with Gasteiger partial charge in [0.1, 0.15) is 17.3 Å². The molecule has 0 fully saturated rings. The highest BCUT2D eigenvalue weighted by Gasteiger charge is 2.10. The number of methoxy groups -OCH3 is 1. The molecule has 154 valence electrons. The number of amides is 1. The van der Waals surface area contributed by atoms with Crippen LogP contribution in [0.1, 0.15) is 5.76 Å². The first-order valence-corrected chi connectivity index (χ1v) is 10.1. The Bertz CT molecular complexity index is 1130. The Labute approximate surface area is 193 Å². The third-order valence-corrected chi connectivity index (χ3v) is 4.86. The van der Waals surface area contributed by atoms with Gasteiger partial charge < -0.3 is 14.5 Å². The molecule has 9 heteroatoms. The van der Waals surface area contributed by atoms with Gasteiger partial charge >= 0.3 is 0 Å². The number of carbonyl (C=O) groups is 1. The van der Waals surface area contributed by atoms with Crippen LogP contribution in [0.5, 0.6) is 5.75 Å². The molecule has 2 aromatic carbocycles. The van der Waals surface area contributed by atoms with Crippen LogP contribution in [-0.2, 0) is 4.79 Å². The fraction of sp³-hybridized carbons (Fsp3) is 0.0476. The highest BCUT2D eigenvalue weighted by atomic mass is 35.5. The van der Waals surface area contributed by atoms with Crippen molar-refractivity contribution < 1.29 is 13.9 Å². The van der Waals surface area contributed by atoms with Crippen molar-refractivity contribution in [2.75, 3.05) is 12.4 Å². The molecule has 1 aromatic heterocycles. The molecule has 0 aliphatic carbocycles. The number of benzene rings is 2. The SMILES string of the molecule is COc1ccc(Cl)cc1NC(=S)NC(=O)/C=C/c1ccc(-c2ccc(Cl)cc2Cl)o1. The molecule has 0 radical (unpaired) electrons. The molecule has 5 nitrogen and oxygen atoms in total. The van der Waals surface area contributed by atoms with Crippen molar-refractivity contribution >= 4 is 69.8 Å². The lowest BCUT2D eigenvalue weighted by molar-refractivity contribution is -0.115. The third-order valence-electron chi connectivity index (χ3n) is 3.87. The molecular weight excluding hydrogens is 467 g/mol. The van der Waals surface area contributed by atoms with Crippen LogP contribution in [0.3, 0.4) is 0 Å². The van der Waals surface area contributed by atoms with Gasteiger partial charge in [0.2, 0.25) is 5.91 Å². The topological polar surface area (TPSA) is 63.5 Å². The van der Waals surface area contributed by atoms with Crippen LogP contribution in [0.4, 0.5) is 5.69 Å². The molecule has 2 N–H and O–H groups in total. The molecule has 3 aromatic rings. The second-order valence-electron chi connectivity index (χ2n) is 5.95. The van der Waals surface area contributed by atoms with E-state index in [-0.39, 0.29) is 5.11 Å². The predicted molar refractivity (Wildman–Crippen MR) is 126 cm³/mol. The monoisotopic (exact) mass is 480 g/mol. The number of halogens is 3. The van der Waals surface area contributed by atoms with Gasteiger partial charge in [-0.1, -0.05) is 34.8 Å².